The summed E-state index contributed by atoms with van der Waals surface area (Å²) in [6.45, 7) is 1.63. The molecule has 2 aromatic carbocycles. The van der Waals surface area contributed by atoms with Crippen molar-refractivity contribution in [3.05, 3.63) is 70.7 Å². The molecule has 0 saturated carbocycles. The summed E-state index contributed by atoms with van der Waals surface area (Å²) in [4.78, 5) is 11.4. The maximum absolute atomic E-state index is 11.4. The van der Waals surface area contributed by atoms with E-state index in [-0.39, 0.29) is 11.7 Å². The summed E-state index contributed by atoms with van der Waals surface area (Å²) < 4.78 is 0. The van der Waals surface area contributed by atoms with Crippen LogP contribution in [0.1, 0.15) is 30.4 Å². The summed E-state index contributed by atoms with van der Waals surface area (Å²) in [5.41, 5.74) is 2.29. The topological polar surface area (TPSA) is 17.1 Å². The van der Waals surface area contributed by atoms with Crippen LogP contribution in [0.2, 0.25) is 5.02 Å². The zero-order valence-electron chi connectivity index (χ0n) is 10.3. The second kappa shape index (κ2) is 5.83. The Labute approximate surface area is 112 Å². The van der Waals surface area contributed by atoms with Crippen LogP contribution in [0, 0.1) is 0 Å². The molecular weight excluding hydrogens is 244 g/mol. The molecule has 0 aliphatic carbocycles. The van der Waals surface area contributed by atoms with E-state index in [9.17, 15) is 4.79 Å². The van der Waals surface area contributed by atoms with Crippen LogP contribution in [0.5, 0.6) is 0 Å². The molecule has 0 N–H and O–H groups in total. The van der Waals surface area contributed by atoms with E-state index in [4.69, 9.17) is 11.6 Å². The average molecular weight is 259 g/mol. The number of ketones is 1. The fourth-order valence-corrected chi connectivity index (χ4v) is 2.22. The molecule has 2 heteroatoms. The Balaban J connectivity index is 2.36. The summed E-state index contributed by atoms with van der Waals surface area (Å²) in [5.74, 6) is 0.305. The summed E-state index contributed by atoms with van der Waals surface area (Å²) in [6, 6.07) is 17.8. The summed E-state index contributed by atoms with van der Waals surface area (Å²) >= 11 is 5.90. The highest BCUT2D eigenvalue weighted by Crippen LogP contribution is 2.28. The molecule has 0 aromatic heterocycles. The molecule has 92 valence electrons. The molecule has 2 aromatic rings. The molecule has 0 bridgehead atoms. The number of hydrogen-bond acceptors (Lipinski definition) is 1. The van der Waals surface area contributed by atoms with Gasteiger partial charge in [0.2, 0.25) is 0 Å². The van der Waals surface area contributed by atoms with Gasteiger partial charge in [0, 0.05) is 17.4 Å². The van der Waals surface area contributed by atoms with Crippen LogP contribution in [-0.2, 0) is 4.79 Å². The van der Waals surface area contributed by atoms with E-state index >= 15 is 0 Å². The zero-order valence-corrected chi connectivity index (χ0v) is 11.0. The number of halogens is 1. The maximum atomic E-state index is 11.4. The van der Waals surface area contributed by atoms with Gasteiger partial charge in [-0.1, -0.05) is 54.1 Å². The molecule has 0 saturated heterocycles. The van der Waals surface area contributed by atoms with Gasteiger partial charge in [-0.2, -0.15) is 0 Å². The quantitative estimate of drug-likeness (QED) is 0.792. The standard InChI is InChI=1S/C16H15ClO/c1-12(18)11-16(13-5-3-2-4-6-13)14-7-9-15(17)10-8-14/h2-10,16H,11H2,1H3. The third-order valence-corrected chi connectivity index (χ3v) is 3.22. The summed E-state index contributed by atoms with van der Waals surface area (Å²) in [5, 5.41) is 0.716. The first kappa shape index (κ1) is 12.8. The number of benzene rings is 2. The van der Waals surface area contributed by atoms with Crippen LogP contribution in [0.15, 0.2) is 54.6 Å². The Morgan fingerprint density at radius 3 is 2.11 bits per heavy atom. The first-order chi connectivity index (χ1) is 8.66. The van der Waals surface area contributed by atoms with Gasteiger partial charge in [-0.3, -0.25) is 4.79 Å². The minimum absolute atomic E-state index is 0.112. The maximum Gasteiger partial charge on any atom is 0.130 e. The van der Waals surface area contributed by atoms with Crippen molar-refractivity contribution >= 4 is 17.4 Å². The van der Waals surface area contributed by atoms with E-state index in [1.54, 1.807) is 6.92 Å². The van der Waals surface area contributed by atoms with Crippen LogP contribution >= 0.6 is 11.6 Å². The molecule has 0 spiro atoms. The van der Waals surface area contributed by atoms with Crippen LogP contribution in [-0.4, -0.2) is 5.78 Å². The van der Waals surface area contributed by atoms with E-state index < -0.39 is 0 Å². The minimum atomic E-state index is 0.112. The van der Waals surface area contributed by atoms with Crippen LogP contribution in [0.3, 0.4) is 0 Å². The van der Waals surface area contributed by atoms with Crippen LogP contribution in [0.25, 0.3) is 0 Å². The third kappa shape index (κ3) is 3.21. The van der Waals surface area contributed by atoms with Gasteiger partial charge in [-0.15, -0.1) is 0 Å². The van der Waals surface area contributed by atoms with Gasteiger partial charge in [0.25, 0.3) is 0 Å². The lowest BCUT2D eigenvalue weighted by molar-refractivity contribution is -0.117. The summed E-state index contributed by atoms with van der Waals surface area (Å²) in [7, 11) is 0. The van der Waals surface area contributed by atoms with Crippen molar-refractivity contribution in [2.24, 2.45) is 0 Å². The van der Waals surface area contributed by atoms with E-state index in [1.165, 1.54) is 0 Å². The SMILES string of the molecule is CC(=O)CC(c1ccccc1)c1ccc(Cl)cc1. The highest BCUT2D eigenvalue weighted by Gasteiger charge is 2.15. The number of hydrogen-bond donors (Lipinski definition) is 0. The highest BCUT2D eigenvalue weighted by atomic mass is 35.5. The predicted molar refractivity (Wildman–Crippen MR) is 75.0 cm³/mol. The Morgan fingerprint density at radius 1 is 1.00 bits per heavy atom. The van der Waals surface area contributed by atoms with Gasteiger partial charge in [-0.05, 0) is 30.2 Å². The molecule has 0 aliphatic heterocycles. The fourth-order valence-electron chi connectivity index (χ4n) is 2.10. The summed E-state index contributed by atoms with van der Waals surface area (Å²) in [6.07, 6.45) is 0.519. The van der Waals surface area contributed by atoms with E-state index in [1.807, 2.05) is 42.5 Å². The molecule has 1 nitrogen and oxygen atoms in total. The first-order valence-corrected chi connectivity index (χ1v) is 6.34. The molecule has 1 atom stereocenters. The van der Waals surface area contributed by atoms with Gasteiger partial charge >= 0.3 is 0 Å². The predicted octanol–water partition coefficient (Wildman–Crippen LogP) is 4.45. The third-order valence-electron chi connectivity index (χ3n) is 2.97. The molecule has 1 unspecified atom stereocenters. The second-order valence-electron chi connectivity index (χ2n) is 4.42. The molecule has 0 radical (unpaired) electrons. The molecule has 18 heavy (non-hydrogen) atoms. The molecule has 0 fully saturated rings. The Morgan fingerprint density at radius 2 is 1.56 bits per heavy atom. The van der Waals surface area contributed by atoms with E-state index in [0.717, 1.165) is 11.1 Å². The van der Waals surface area contributed by atoms with E-state index in [2.05, 4.69) is 12.1 Å². The molecule has 0 amide bonds. The Kier molecular flexibility index (Phi) is 4.16. The minimum Gasteiger partial charge on any atom is -0.300 e. The van der Waals surface area contributed by atoms with Crippen molar-refractivity contribution < 1.29 is 4.79 Å². The molecular formula is C16H15ClO. The van der Waals surface area contributed by atoms with Crippen molar-refractivity contribution in [3.8, 4) is 0 Å². The number of carbonyl (C=O) groups is 1. The Bertz CT molecular complexity index is 517. The first-order valence-electron chi connectivity index (χ1n) is 5.96. The average Bonchev–Trinajstić information content (AvgIpc) is 2.38. The lowest BCUT2D eigenvalue weighted by atomic mass is 9.87. The van der Waals surface area contributed by atoms with Gasteiger partial charge in [0.15, 0.2) is 0 Å². The van der Waals surface area contributed by atoms with Crippen LogP contribution < -0.4 is 0 Å². The molecule has 0 aliphatic rings. The van der Waals surface area contributed by atoms with Crippen molar-refractivity contribution in [1.82, 2.24) is 0 Å². The Hall–Kier alpha value is -1.60. The second-order valence-corrected chi connectivity index (χ2v) is 4.86. The van der Waals surface area contributed by atoms with E-state index in [0.29, 0.717) is 11.4 Å². The molecule has 2 rings (SSSR count). The van der Waals surface area contributed by atoms with Gasteiger partial charge in [0.1, 0.15) is 5.78 Å². The lowest BCUT2D eigenvalue weighted by Gasteiger charge is -2.16. The van der Waals surface area contributed by atoms with Gasteiger partial charge in [-0.25, -0.2) is 0 Å². The normalized spacial score (nSPS) is 12.1. The number of carbonyl (C=O) groups excluding carboxylic acids is 1. The zero-order chi connectivity index (χ0) is 13.0. The lowest BCUT2D eigenvalue weighted by Crippen LogP contribution is -2.06. The molecule has 0 heterocycles. The van der Waals surface area contributed by atoms with Crippen molar-refractivity contribution in [2.45, 2.75) is 19.3 Å². The van der Waals surface area contributed by atoms with Crippen molar-refractivity contribution in [3.63, 3.8) is 0 Å². The van der Waals surface area contributed by atoms with Gasteiger partial charge < -0.3 is 0 Å². The van der Waals surface area contributed by atoms with Crippen molar-refractivity contribution in [1.29, 1.82) is 0 Å². The smallest absolute Gasteiger partial charge is 0.130 e. The number of Topliss-reactive ketones (excluding diaryl/α,β-unsaturated/α-hetero) is 1. The van der Waals surface area contributed by atoms with Crippen molar-refractivity contribution in [2.75, 3.05) is 0 Å². The highest BCUT2D eigenvalue weighted by molar-refractivity contribution is 6.30. The fraction of sp³-hybridized carbons (Fsp3) is 0.188. The largest absolute Gasteiger partial charge is 0.300 e. The number of rotatable bonds is 4. The van der Waals surface area contributed by atoms with Gasteiger partial charge in [0.05, 0.1) is 0 Å². The monoisotopic (exact) mass is 258 g/mol. The van der Waals surface area contributed by atoms with Crippen LogP contribution in [0.4, 0.5) is 0 Å².